The van der Waals surface area contributed by atoms with Crippen LogP contribution >= 0.6 is 0 Å². The van der Waals surface area contributed by atoms with E-state index in [0.29, 0.717) is 43.1 Å². The monoisotopic (exact) mass is 429 g/mol. The molecule has 1 heterocycles. The van der Waals surface area contributed by atoms with E-state index in [1.807, 2.05) is 85.8 Å². The number of anilines is 2. The van der Waals surface area contributed by atoms with Crippen molar-refractivity contribution in [3.05, 3.63) is 84.4 Å². The van der Waals surface area contributed by atoms with E-state index in [2.05, 4.69) is 10.6 Å². The maximum Gasteiger partial charge on any atom is 0.321 e. The van der Waals surface area contributed by atoms with Crippen molar-refractivity contribution < 1.29 is 14.3 Å². The lowest BCUT2D eigenvalue weighted by atomic mass is 9.96. The average Bonchev–Trinajstić information content (AvgIpc) is 2.81. The summed E-state index contributed by atoms with van der Waals surface area (Å²) in [7, 11) is 0. The number of hydrogen-bond donors (Lipinski definition) is 2. The molecule has 1 aliphatic rings. The first-order valence-electron chi connectivity index (χ1n) is 10.8. The van der Waals surface area contributed by atoms with Gasteiger partial charge in [0.1, 0.15) is 5.75 Å². The summed E-state index contributed by atoms with van der Waals surface area (Å²) in [5.74, 6) is 1.11. The summed E-state index contributed by atoms with van der Waals surface area (Å²) in [6.07, 6.45) is 1.24. The number of urea groups is 1. The molecule has 2 N–H and O–H groups in total. The van der Waals surface area contributed by atoms with Gasteiger partial charge in [-0.3, -0.25) is 4.79 Å². The number of nitrogens with zero attached hydrogens (tertiary/aromatic N) is 1. The fourth-order valence-electron chi connectivity index (χ4n) is 3.78. The number of carbonyl (C=O) groups is 2. The van der Waals surface area contributed by atoms with Gasteiger partial charge in [-0.1, -0.05) is 42.5 Å². The van der Waals surface area contributed by atoms with Crippen LogP contribution in [0, 0.1) is 12.8 Å². The van der Waals surface area contributed by atoms with Gasteiger partial charge in [-0.2, -0.15) is 0 Å². The Balaban J connectivity index is 1.32. The number of likely N-dealkylation sites (tertiary alicyclic amines) is 1. The van der Waals surface area contributed by atoms with Crippen LogP contribution in [0.3, 0.4) is 0 Å². The van der Waals surface area contributed by atoms with Crippen molar-refractivity contribution >= 4 is 23.3 Å². The molecule has 164 valence electrons. The Kier molecular flexibility index (Phi) is 6.70. The van der Waals surface area contributed by atoms with Crippen LogP contribution in [-0.4, -0.2) is 29.9 Å². The zero-order chi connectivity index (χ0) is 22.3. The summed E-state index contributed by atoms with van der Waals surface area (Å²) in [5.41, 5.74) is 2.51. The van der Waals surface area contributed by atoms with Crippen molar-refractivity contribution in [1.82, 2.24) is 4.90 Å². The van der Waals surface area contributed by atoms with Crippen LogP contribution in [0.1, 0.15) is 18.4 Å². The summed E-state index contributed by atoms with van der Waals surface area (Å²) >= 11 is 0. The van der Waals surface area contributed by atoms with Crippen LogP contribution < -0.4 is 15.4 Å². The second-order valence-electron chi connectivity index (χ2n) is 7.96. The van der Waals surface area contributed by atoms with Gasteiger partial charge in [-0.25, -0.2) is 4.79 Å². The van der Waals surface area contributed by atoms with Gasteiger partial charge in [0, 0.05) is 24.7 Å². The van der Waals surface area contributed by atoms with Crippen molar-refractivity contribution in [3.8, 4) is 11.5 Å². The predicted octanol–water partition coefficient (Wildman–Crippen LogP) is 5.67. The fraction of sp³-hybridized carbons (Fsp3) is 0.231. The number of rotatable bonds is 5. The largest absolute Gasteiger partial charge is 0.455 e. The average molecular weight is 430 g/mol. The first kappa shape index (κ1) is 21.4. The van der Waals surface area contributed by atoms with E-state index < -0.39 is 0 Å². The third kappa shape index (κ3) is 5.46. The number of ether oxygens (including phenoxy) is 1. The summed E-state index contributed by atoms with van der Waals surface area (Å²) < 4.78 is 5.94. The molecule has 0 bridgehead atoms. The lowest BCUT2D eigenvalue weighted by Crippen LogP contribution is -2.43. The Morgan fingerprint density at radius 2 is 1.59 bits per heavy atom. The molecule has 1 fully saturated rings. The van der Waals surface area contributed by atoms with Gasteiger partial charge in [0.05, 0.1) is 5.69 Å². The molecular weight excluding hydrogens is 402 g/mol. The Morgan fingerprint density at radius 3 is 2.34 bits per heavy atom. The van der Waals surface area contributed by atoms with Gasteiger partial charge in [-0.05, 0) is 61.7 Å². The highest BCUT2D eigenvalue weighted by atomic mass is 16.5. The highest BCUT2D eigenvalue weighted by molar-refractivity contribution is 5.94. The molecular formula is C26H27N3O3. The molecule has 4 rings (SSSR count). The van der Waals surface area contributed by atoms with Crippen LogP contribution in [0.2, 0.25) is 0 Å². The Labute approximate surface area is 188 Å². The molecule has 3 aromatic carbocycles. The molecule has 0 aliphatic carbocycles. The highest BCUT2D eigenvalue weighted by Crippen LogP contribution is 2.30. The number of aryl methyl sites for hydroxylation is 1. The van der Waals surface area contributed by atoms with E-state index in [1.165, 1.54) is 0 Å². The van der Waals surface area contributed by atoms with E-state index in [4.69, 9.17) is 4.74 Å². The molecule has 1 aliphatic heterocycles. The SMILES string of the molecule is Cc1cccc(NC(=O)N2CCC(C(=O)Nc3ccccc3Oc3ccccc3)CC2)c1. The standard InChI is InChI=1S/C26H27N3O3/c1-19-8-7-9-21(18-19)27-26(31)29-16-14-20(15-17-29)25(30)28-23-12-5-6-13-24(23)32-22-10-3-2-4-11-22/h2-13,18,20H,14-17H2,1H3,(H,27,31)(H,28,30). The molecule has 3 aromatic rings. The second kappa shape index (κ2) is 10.0. The Hall–Kier alpha value is -3.80. The summed E-state index contributed by atoms with van der Waals surface area (Å²) in [5, 5.41) is 5.94. The van der Waals surface area contributed by atoms with Gasteiger partial charge in [-0.15, -0.1) is 0 Å². The third-order valence-corrected chi connectivity index (χ3v) is 5.54. The van der Waals surface area contributed by atoms with Crippen molar-refractivity contribution in [1.29, 1.82) is 0 Å². The zero-order valence-corrected chi connectivity index (χ0v) is 18.1. The fourth-order valence-corrected chi connectivity index (χ4v) is 3.78. The van der Waals surface area contributed by atoms with E-state index in [0.717, 1.165) is 11.3 Å². The molecule has 0 aromatic heterocycles. The molecule has 1 saturated heterocycles. The number of carbonyl (C=O) groups excluding carboxylic acids is 2. The lowest BCUT2D eigenvalue weighted by molar-refractivity contribution is -0.121. The topological polar surface area (TPSA) is 70.7 Å². The van der Waals surface area contributed by atoms with Gasteiger partial charge in [0.2, 0.25) is 5.91 Å². The Bertz CT molecular complexity index is 1080. The van der Waals surface area contributed by atoms with Crippen molar-refractivity contribution in [2.24, 2.45) is 5.92 Å². The van der Waals surface area contributed by atoms with E-state index >= 15 is 0 Å². The van der Waals surface area contributed by atoms with Crippen molar-refractivity contribution in [2.45, 2.75) is 19.8 Å². The minimum Gasteiger partial charge on any atom is -0.455 e. The van der Waals surface area contributed by atoms with Gasteiger partial charge in [0.15, 0.2) is 5.75 Å². The zero-order valence-electron chi connectivity index (χ0n) is 18.1. The number of para-hydroxylation sites is 3. The third-order valence-electron chi connectivity index (χ3n) is 5.54. The summed E-state index contributed by atoms with van der Waals surface area (Å²) in [6.45, 7) is 3.07. The van der Waals surface area contributed by atoms with Crippen LogP contribution in [-0.2, 0) is 4.79 Å². The first-order chi connectivity index (χ1) is 15.6. The van der Waals surface area contributed by atoms with Gasteiger partial charge < -0.3 is 20.3 Å². The molecule has 0 saturated carbocycles. The summed E-state index contributed by atoms with van der Waals surface area (Å²) in [4.78, 5) is 27.2. The minimum atomic E-state index is -0.150. The molecule has 32 heavy (non-hydrogen) atoms. The molecule has 6 heteroatoms. The highest BCUT2D eigenvalue weighted by Gasteiger charge is 2.28. The van der Waals surface area contributed by atoms with Crippen LogP contribution in [0.15, 0.2) is 78.9 Å². The van der Waals surface area contributed by atoms with E-state index in [9.17, 15) is 9.59 Å². The number of nitrogens with one attached hydrogen (secondary N) is 2. The smallest absolute Gasteiger partial charge is 0.321 e. The first-order valence-corrected chi connectivity index (χ1v) is 10.8. The summed E-state index contributed by atoms with van der Waals surface area (Å²) in [6, 6.07) is 24.5. The maximum atomic E-state index is 12.9. The molecule has 0 atom stereocenters. The maximum absolute atomic E-state index is 12.9. The Morgan fingerprint density at radius 1 is 0.875 bits per heavy atom. The van der Waals surface area contributed by atoms with Crippen molar-refractivity contribution in [3.63, 3.8) is 0 Å². The van der Waals surface area contributed by atoms with Crippen LogP contribution in [0.25, 0.3) is 0 Å². The van der Waals surface area contributed by atoms with E-state index in [-0.39, 0.29) is 17.9 Å². The molecule has 3 amide bonds. The van der Waals surface area contributed by atoms with Crippen LogP contribution in [0.4, 0.5) is 16.2 Å². The quantitative estimate of drug-likeness (QED) is 0.549. The van der Waals surface area contributed by atoms with Crippen LogP contribution in [0.5, 0.6) is 11.5 Å². The predicted molar refractivity (Wildman–Crippen MR) is 126 cm³/mol. The number of piperidine rings is 1. The number of amides is 3. The number of benzene rings is 3. The van der Waals surface area contributed by atoms with Gasteiger partial charge >= 0.3 is 6.03 Å². The number of hydrogen-bond acceptors (Lipinski definition) is 3. The normalized spacial score (nSPS) is 14.0. The van der Waals surface area contributed by atoms with Crippen molar-refractivity contribution in [2.75, 3.05) is 23.7 Å². The van der Waals surface area contributed by atoms with E-state index in [1.54, 1.807) is 4.90 Å². The molecule has 6 nitrogen and oxygen atoms in total. The molecule has 0 radical (unpaired) electrons. The molecule has 0 spiro atoms. The minimum absolute atomic E-state index is 0.0483. The van der Waals surface area contributed by atoms with Gasteiger partial charge in [0.25, 0.3) is 0 Å². The lowest BCUT2D eigenvalue weighted by Gasteiger charge is -2.31. The molecule has 0 unspecified atom stereocenters. The second-order valence-corrected chi connectivity index (χ2v) is 7.96.